The smallest absolute Gasteiger partial charge is 0.326 e. The van der Waals surface area contributed by atoms with Crippen molar-refractivity contribution in [2.24, 2.45) is 5.73 Å². The average molecular weight is 528 g/mol. The number of carbonyl (C=O) groups is 3. The fourth-order valence-corrected chi connectivity index (χ4v) is 3.47. The molecule has 0 saturated carbocycles. The zero-order valence-corrected chi connectivity index (χ0v) is 20.9. The Morgan fingerprint density at radius 2 is 1.65 bits per heavy atom. The molecule has 12 N–H and O–H groups in total. The summed E-state index contributed by atoms with van der Waals surface area (Å²) in [5, 5.41) is 60.1. The van der Waals surface area contributed by atoms with E-state index < -0.39 is 54.3 Å². The lowest BCUT2D eigenvalue weighted by Crippen LogP contribution is -2.83. The Kier molecular flexibility index (Phi) is 13.7. The average Bonchev–Trinajstić information content (AvgIpc) is 3.28. The number of aliphatic carboxylic acids is 2. The van der Waals surface area contributed by atoms with Gasteiger partial charge in [-0.15, -0.1) is 0 Å². The molecular formula is C24H39N4O9+. The van der Waals surface area contributed by atoms with Gasteiger partial charge in [0.25, 0.3) is 0 Å². The number of rotatable bonds is 14. The van der Waals surface area contributed by atoms with Gasteiger partial charge in [-0.2, -0.15) is 0 Å². The predicted octanol–water partition coefficient (Wildman–Crippen LogP) is -2.49. The van der Waals surface area contributed by atoms with Crippen LogP contribution in [0.25, 0.3) is 10.9 Å². The van der Waals surface area contributed by atoms with Gasteiger partial charge in [-0.05, 0) is 24.5 Å². The van der Waals surface area contributed by atoms with Crippen molar-refractivity contribution in [3.8, 4) is 0 Å². The van der Waals surface area contributed by atoms with Crippen molar-refractivity contribution in [1.29, 1.82) is 0 Å². The topological polar surface area (TPSA) is 243 Å². The molecule has 0 radical (unpaired) electrons. The standard InChI is InChI=1S/C16H19N3O5.C8H19NO4/c17-11(15(21)22)5-6-14(20)19-13(16(23)24)7-9-8-18-12-4-2-1-3-10(9)12;1-3-5(10)7(12)8(13)6(11)4-9-2/h1-4,8,11,13,18H,5-7,17H2,(H,19,20)(H,21,22)(H,23,24);5-13H,3-4H2,1-2H3/p+1/t11-,13-;5-,6+,7-,8-/m11/s1. The number of benzene rings is 1. The summed E-state index contributed by atoms with van der Waals surface area (Å²) >= 11 is 0. The molecule has 2 aromatic rings. The number of aromatic nitrogens is 1. The second kappa shape index (κ2) is 15.9. The van der Waals surface area contributed by atoms with Gasteiger partial charge in [0.1, 0.15) is 36.9 Å². The van der Waals surface area contributed by atoms with Crippen LogP contribution in [0.2, 0.25) is 0 Å². The number of carboxylic acids is 2. The minimum Gasteiger partial charge on any atom is -0.480 e. The molecule has 0 aliphatic rings. The Hall–Kier alpha value is -3.07. The van der Waals surface area contributed by atoms with Crippen molar-refractivity contribution >= 4 is 28.7 Å². The van der Waals surface area contributed by atoms with E-state index in [4.69, 9.17) is 10.8 Å². The second-order valence-corrected chi connectivity index (χ2v) is 8.67. The number of aromatic amines is 1. The largest absolute Gasteiger partial charge is 0.480 e. The fraction of sp³-hybridized carbons (Fsp3) is 0.542. The van der Waals surface area contributed by atoms with Crippen molar-refractivity contribution in [2.75, 3.05) is 13.6 Å². The highest BCUT2D eigenvalue weighted by Gasteiger charge is 2.29. The number of aliphatic hydroxyl groups is 4. The molecule has 208 valence electrons. The number of quaternary nitrogens is 1. The number of H-pyrrole nitrogens is 1. The van der Waals surface area contributed by atoms with Crippen LogP contribution >= 0.6 is 0 Å². The molecule has 0 spiro atoms. The fourth-order valence-electron chi connectivity index (χ4n) is 3.47. The van der Waals surface area contributed by atoms with Gasteiger partial charge in [0, 0.05) is 29.9 Å². The molecule has 13 nitrogen and oxygen atoms in total. The number of carboxylic acid groups (broad SMARTS) is 2. The van der Waals surface area contributed by atoms with Gasteiger partial charge in [0.2, 0.25) is 5.91 Å². The van der Waals surface area contributed by atoms with E-state index in [-0.39, 0.29) is 19.3 Å². The highest BCUT2D eigenvalue weighted by atomic mass is 16.4. The highest BCUT2D eigenvalue weighted by molar-refractivity contribution is 5.87. The van der Waals surface area contributed by atoms with Gasteiger partial charge in [0.05, 0.1) is 13.2 Å². The summed E-state index contributed by atoms with van der Waals surface area (Å²) in [6, 6.07) is 5.21. The van der Waals surface area contributed by atoms with E-state index in [2.05, 4.69) is 10.3 Å². The molecule has 0 fully saturated rings. The monoisotopic (exact) mass is 527 g/mol. The van der Waals surface area contributed by atoms with Crippen molar-refractivity contribution in [1.82, 2.24) is 10.3 Å². The first-order valence-electron chi connectivity index (χ1n) is 12.0. The van der Waals surface area contributed by atoms with Crippen LogP contribution < -0.4 is 16.4 Å². The third-order valence-electron chi connectivity index (χ3n) is 5.77. The molecule has 0 bridgehead atoms. The van der Waals surface area contributed by atoms with Gasteiger partial charge in [-0.3, -0.25) is 9.59 Å². The first-order valence-corrected chi connectivity index (χ1v) is 12.0. The molecule has 1 aromatic heterocycles. The Bertz CT molecular complexity index is 1000. The Balaban J connectivity index is 0.000000448. The quantitative estimate of drug-likeness (QED) is 0.124. The lowest BCUT2D eigenvalue weighted by Gasteiger charge is -2.24. The maximum Gasteiger partial charge on any atom is 0.326 e. The summed E-state index contributed by atoms with van der Waals surface area (Å²) in [4.78, 5) is 36.9. The maximum atomic E-state index is 11.8. The minimum absolute atomic E-state index is 0.0550. The molecule has 6 atom stereocenters. The van der Waals surface area contributed by atoms with Crippen LogP contribution in [0, 0.1) is 0 Å². The normalized spacial score (nSPS) is 16.0. The molecule has 0 saturated heterocycles. The van der Waals surface area contributed by atoms with E-state index in [0.717, 1.165) is 16.5 Å². The van der Waals surface area contributed by atoms with E-state index in [9.17, 15) is 39.9 Å². The number of para-hydroxylation sites is 1. The van der Waals surface area contributed by atoms with Crippen molar-refractivity contribution in [2.45, 2.75) is 69.1 Å². The number of aliphatic hydroxyl groups excluding tert-OH is 4. The number of amides is 1. The first kappa shape index (κ1) is 32.0. The van der Waals surface area contributed by atoms with Crippen LogP contribution in [0.15, 0.2) is 30.5 Å². The van der Waals surface area contributed by atoms with Crippen LogP contribution in [0.3, 0.4) is 0 Å². The highest BCUT2D eigenvalue weighted by Crippen LogP contribution is 2.19. The van der Waals surface area contributed by atoms with E-state index >= 15 is 0 Å². The summed E-state index contributed by atoms with van der Waals surface area (Å²) < 4.78 is 0. The van der Waals surface area contributed by atoms with Crippen LogP contribution in [0.1, 0.15) is 31.7 Å². The molecule has 13 heteroatoms. The number of hydrogen-bond acceptors (Lipinski definition) is 8. The molecular weight excluding hydrogens is 488 g/mol. The second-order valence-electron chi connectivity index (χ2n) is 8.67. The van der Waals surface area contributed by atoms with Crippen molar-refractivity contribution in [3.05, 3.63) is 36.0 Å². The minimum atomic E-state index is -1.29. The third kappa shape index (κ3) is 10.4. The van der Waals surface area contributed by atoms with Crippen LogP contribution in [-0.4, -0.2) is 104 Å². The zero-order chi connectivity index (χ0) is 28.1. The number of likely N-dealkylation sites (N-methyl/N-ethyl adjacent to an activating group) is 1. The van der Waals surface area contributed by atoms with Crippen LogP contribution in [0.5, 0.6) is 0 Å². The lowest BCUT2D eigenvalue weighted by molar-refractivity contribution is -0.635. The van der Waals surface area contributed by atoms with Crippen LogP contribution in [0.4, 0.5) is 0 Å². The molecule has 2 rings (SSSR count). The van der Waals surface area contributed by atoms with E-state index in [1.54, 1.807) is 25.5 Å². The molecule has 1 amide bonds. The number of carbonyl (C=O) groups excluding carboxylic acids is 1. The first-order chi connectivity index (χ1) is 17.4. The Morgan fingerprint density at radius 1 is 1.03 bits per heavy atom. The van der Waals surface area contributed by atoms with Crippen molar-refractivity contribution < 1.29 is 50.3 Å². The molecule has 1 aromatic carbocycles. The van der Waals surface area contributed by atoms with Gasteiger partial charge >= 0.3 is 11.9 Å². The third-order valence-corrected chi connectivity index (χ3v) is 5.77. The SMILES string of the molecule is CC[C@@H](O)[C@@H](O)[C@H](O)[C@@H](O)C[NH2+]C.N[C@H](CCC(=O)N[C@H](Cc1c[nH]c2ccccc12)C(=O)O)C(=O)O. The summed E-state index contributed by atoms with van der Waals surface area (Å²) in [6.45, 7) is 1.99. The number of hydrogen-bond donors (Lipinski definition) is 10. The molecule has 0 aliphatic heterocycles. The van der Waals surface area contributed by atoms with Gasteiger partial charge in [-0.25, -0.2) is 4.79 Å². The molecule has 37 heavy (non-hydrogen) atoms. The van der Waals surface area contributed by atoms with E-state index in [1.807, 2.05) is 24.3 Å². The maximum absolute atomic E-state index is 11.8. The van der Waals surface area contributed by atoms with E-state index in [1.165, 1.54) is 0 Å². The summed E-state index contributed by atoms with van der Waals surface area (Å²) in [6.07, 6.45) is -2.58. The number of fused-ring (bicyclic) bond motifs is 1. The predicted molar refractivity (Wildman–Crippen MR) is 133 cm³/mol. The Labute approximate surface area is 214 Å². The molecule has 0 unspecified atom stereocenters. The zero-order valence-electron chi connectivity index (χ0n) is 20.9. The lowest BCUT2D eigenvalue weighted by atomic mass is 10.0. The van der Waals surface area contributed by atoms with Crippen molar-refractivity contribution in [3.63, 3.8) is 0 Å². The molecule has 0 aliphatic carbocycles. The van der Waals surface area contributed by atoms with E-state index in [0.29, 0.717) is 13.0 Å². The summed E-state index contributed by atoms with van der Waals surface area (Å²) in [5.41, 5.74) is 6.99. The Morgan fingerprint density at radius 3 is 2.22 bits per heavy atom. The number of nitrogens with two attached hydrogens (primary N) is 2. The molecule has 1 heterocycles. The summed E-state index contributed by atoms with van der Waals surface area (Å²) in [7, 11) is 1.75. The van der Waals surface area contributed by atoms with Crippen LogP contribution in [-0.2, 0) is 20.8 Å². The number of nitrogens with one attached hydrogen (secondary N) is 2. The summed E-state index contributed by atoms with van der Waals surface area (Å²) in [5.74, 6) is -2.90. The van der Waals surface area contributed by atoms with Gasteiger partial charge in [0.15, 0.2) is 0 Å². The van der Waals surface area contributed by atoms with Gasteiger partial charge in [-0.1, -0.05) is 25.1 Å². The van der Waals surface area contributed by atoms with Gasteiger partial charge < -0.3 is 52.0 Å².